The van der Waals surface area contributed by atoms with E-state index in [1.165, 1.54) is 35.2 Å². The fraction of sp³-hybridized carbons (Fsp3) is 0.167. The van der Waals surface area contributed by atoms with Crippen molar-refractivity contribution in [1.82, 2.24) is 4.57 Å². The average Bonchev–Trinajstić information content (AvgIpc) is 3.46. The van der Waals surface area contributed by atoms with Crippen LogP contribution < -0.4 is 0 Å². The summed E-state index contributed by atoms with van der Waals surface area (Å²) < 4.78 is 2.40. The lowest BCUT2D eigenvalue weighted by atomic mass is 9.99. The van der Waals surface area contributed by atoms with E-state index in [1.807, 2.05) is 6.07 Å². The maximum Gasteiger partial charge on any atom is 0.124 e. The van der Waals surface area contributed by atoms with Gasteiger partial charge < -0.3 is 9.67 Å². The Hall–Kier alpha value is -3.00. The average molecular weight is 339 g/mol. The van der Waals surface area contributed by atoms with Gasteiger partial charge >= 0.3 is 0 Å². The normalized spacial score (nSPS) is 14.0. The van der Waals surface area contributed by atoms with E-state index in [1.54, 1.807) is 6.07 Å². The molecule has 0 spiro atoms. The SMILES string of the molecule is Oc1cccc2c1cc(C1CC1)n2Cc1ccccc1-c1ccccc1. The van der Waals surface area contributed by atoms with Crippen LogP contribution in [0.15, 0.2) is 78.9 Å². The van der Waals surface area contributed by atoms with Gasteiger partial charge in [0.1, 0.15) is 5.75 Å². The molecule has 3 aromatic carbocycles. The van der Waals surface area contributed by atoms with Crippen molar-refractivity contribution in [2.24, 2.45) is 0 Å². The van der Waals surface area contributed by atoms with Gasteiger partial charge in [0.05, 0.1) is 5.52 Å². The van der Waals surface area contributed by atoms with Gasteiger partial charge in [-0.25, -0.2) is 0 Å². The second-order valence-corrected chi connectivity index (χ2v) is 7.16. The molecule has 1 aliphatic rings. The largest absolute Gasteiger partial charge is 0.507 e. The summed E-state index contributed by atoms with van der Waals surface area (Å²) >= 11 is 0. The Kier molecular flexibility index (Phi) is 3.56. The fourth-order valence-corrected chi connectivity index (χ4v) is 3.91. The van der Waals surface area contributed by atoms with E-state index in [9.17, 15) is 5.11 Å². The molecule has 4 aromatic rings. The molecule has 1 saturated carbocycles. The number of phenolic OH excluding ortho intramolecular Hbond substituents is 1. The van der Waals surface area contributed by atoms with Gasteiger partial charge in [0.25, 0.3) is 0 Å². The molecule has 0 atom stereocenters. The standard InChI is InChI=1S/C24H21NO/c26-24-12-6-11-22-21(24)15-23(18-13-14-18)25(22)16-19-9-4-5-10-20(19)17-7-2-1-3-8-17/h1-12,15,18,26H,13-14,16H2. The van der Waals surface area contributed by atoms with Crippen molar-refractivity contribution in [2.45, 2.75) is 25.3 Å². The minimum Gasteiger partial charge on any atom is -0.507 e. The smallest absolute Gasteiger partial charge is 0.124 e. The van der Waals surface area contributed by atoms with Gasteiger partial charge in [-0.05, 0) is 53.6 Å². The van der Waals surface area contributed by atoms with Crippen molar-refractivity contribution in [3.63, 3.8) is 0 Å². The van der Waals surface area contributed by atoms with E-state index in [-0.39, 0.29) is 0 Å². The predicted molar refractivity (Wildman–Crippen MR) is 107 cm³/mol. The van der Waals surface area contributed by atoms with Crippen LogP contribution in [0.4, 0.5) is 0 Å². The van der Waals surface area contributed by atoms with Crippen molar-refractivity contribution in [3.8, 4) is 16.9 Å². The summed E-state index contributed by atoms with van der Waals surface area (Å²) in [6, 6.07) is 27.2. The molecular weight excluding hydrogens is 318 g/mol. The second-order valence-electron chi connectivity index (χ2n) is 7.16. The Bertz CT molecular complexity index is 1070. The fourth-order valence-electron chi connectivity index (χ4n) is 3.91. The van der Waals surface area contributed by atoms with Crippen molar-refractivity contribution >= 4 is 10.9 Å². The second kappa shape index (κ2) is 6.06. The van der Waals surface area contributed by atoms with Crippen molar-refractivity contribution in [2.75, 3.05) is 0 Å². The summed E-state index contributed by atoms with van der Waals surface area (Å²) in [5.74, 6) is 1.00. The highest BCUT2D eigenvalue weighted by Crippen LogP contribution is 2.44. The van der Waals surface area contributed by atoms with Crippen LogP contribution in [0.1, 0.15) is 30.0 Å². The molecule has 1 aliphatic carbocycles. The molecule has 1 aromatic heterocycles. The Labute approximate surface area is 153 Å². The maximum absolute atomic E-state index is 10.3. The molecule has 5 rings (SSSR count). The molecule has 0 unspecified atom stereocenters. The van der Waals surface area contributed by atoms with E-state index >= 15 is 0 Å². The van der Waals surface area contributed by atoms with Gasteiger partial charge in [0.2, 0.25) is 0 Å². The third kappa shape index (κ3) is 2.59. The van der Waals surface area contributed by atoms with Crippen LogP contribution in [0, 0.1) is 0 Å². The number of fused-ring (bicyclic) bond motifs is 1. The molecule has 1 heterocycles. The zero-order chi connectivity index (χ0) is 17.5. The lowest BCUT2D eigenvalue weighted by Crippen LogP contribution is -2.04. The van der Waals surface area contributed by atoms with E-state index in [0.29, 0.717) is 11.7 Å². The minimum atomic E-state index is 0.375. The molecule has 1 N–H and O–H groups in total. The highest BCUT2D eigenvalue weighted by atomic mass is 16.3. The van der Waals surface area contributed by atoms with Crippen LogP contribution in [0.3, 0.4) is 0 Å². The number of hydrogen-bond donors (Lipinski definition) is 1. The highest BCUT2D eigenvalue weighted by Gasteiger charge is 2.28. The Balaban J connectivity index is 1.65. The number of rotatable bonds is 4. The lowest BCUT2D eigenvalue weighted by molar-refractivity contribution is 0.481. The first kappa shape index (κ1) is 15.3. The van der Waals surface area contributed by atoms with Gasteiger partial charge in [0, 0.05) is 17.6 Å². The van der Waals surface area contributed by atoms with E-state index in [0.717, 1.165) is 17.4 Å². The monoisotopic (exact) mass is 339 g/mol. The number of aromatic hydroxyl groups is 1. The Morgan fingerprint density at radius 3 is 2.42 bits per heavy atom. The number of aromatic nitrogens is 1. The van der Waals surface area contributed by atoms with Crippen LogP contribution in [-0.2, 0) is 6.54 Å². The highest BCUT2D eigenvalue weighted by molar-refractivity contribution is 5.87. The van der Waals surface area contributed by atoms with Crippen LogP contribution in [-0.4, -0.2) is 9.67 Å². The molecule has 0 amide bonds. The van der Waals surface area contributed by atoms with Crippen LogP contribution in [0.5, 0.6) is 5.75 Å². The van der Waals surface area contributed by atoms with Crippen molar-refractivity contribution < 1.29 is 5.11 Å². The van der Waals surface area contributed by atoms with Gasteiger partial charge in [-0.1, -0.05) is 60.7 Å². The number of nitrogens with zero attached hydrogens (tertiary/aromatic N) is 1. The quantitative estimate of drug-likeness (QED) is 0.489. The topological polar surface area (TPSA) is 25.2 Å². The van der Waals surface area contributed by atoms with Gasteiger partial charge in [-0.2, -0.15) is 0 Å². The zero-order valence-electron chi connectivity index (χ0n) is 14.6. The van der Waals surface area contributed by atoms with Crippen LogP contribution in [0.2, 0.25) is 0 Å². The summed E-state index contributed by atoms with van der Waals surface area (Å²) in [7, 11) is 0. The lowest BCUT2D eigenvalue weighted by Gasteiger charge is -2.14. The van der Waals surface area contributed by atoms with E-state index in [2.05, 4.69) is 71.3 Å². The Morgan fingerprint density at radius 1 is 0.846 bits per heavy atom. The number of hydrogen-bond acceptors (Lipinski definition) is 1. The number of phenols is 1. The maximum atomic E-state index is 10.3. The van der Waals surface area contributed by atoms with Gasteiger partial charge in [-0.3, -0.25) is 0 Å². The first-order chi connectivity index (χ1) is 12.8. The van der Waals surface area contributed by atoms with E-state index < -0.39 is 0 Å². The zero-order valence-corrected chi connectivity index (χ0v) is 14.6. The summed E-state index contributed by atoms with van der Waals surface area (Å²) in [5, 5.41) is 11.3. The molecular formula is C24H21NO. The molecule has 2 nitrogen and oxygen atoms in total. The summed E-state index contributed by atoms with van der Waals surface area (Å²) in [6.45, 7) is 0.823. The molecule has 0 radical (unpaired) electrons. The van der Waals surface area contributed by atoms with Crippen LogP contribution in [0.25, 0.3) is 22.0 Å². The summed E-state index contributed by atoms with van der Waals surface area (Å²) in [6.07, 6.45) is 2.49. The van der Waals surface area contributed by atoms with Crippen molar-refractivity contribution in [1.29, 1.82) is 0 Å². The molecule has 128 valence electrons. The summed E-state index contributed by atoms with van der Waals surface area (Å²) in [4.78, 5) is 0. The van der Waals surface area contributed by atoms with Gasteiger partial charge in [0.15, 0.2) is 0 Å². The minimum absolute atomic E-state index is 0.375. The molecule has 2 heteroatoms. The third-order valence-electron chi connectivity index (χ3n) is 5.38. The predicted octanol–water partition coefficient (Wildman–Crippen LogP) is 5.94. The van der Waals surface area contributed by atoms with Gasteiger partial charge in [-0.15, -0.1) is 0 Å². The first-order valence-electron chi connectivity index (χ1n) is 9.26. The van der Waals surface area contributed by atoms with Crippen LogP contribution >= 0.6 is 0 Å². The van der Waals surface area contributed by atoms with Crippen molar-refractivity contribution in [3.05, 3.63) is 90.1 Å². The molecule has 0 aliphatic heterocycles. The van der Waals surface area contributed by atoms with E-state index in [4.69, 9.17) is 0 Å². The third-order valence-corrected chi connectivity index (χ3v) is 5.38. The molecule has 0 bridgehead atoms. The summed E-state index contributed by atoms with van der Waals surface area (Å²) in [5.41, 5.74) is 6.30. The first-order valence-corrected chi connectivity index (χ1v) is 9.26. The number of benzene rings is 3. The molecule has 0 saturated heterocycles. The molecule has 26 heavy (non-hydrogen) atoms. The molecule has 1 fully saturated rings. The Morgan fingerprint density at radius 2 is 1.62 bits per heavy atom.